The maximum Gasteiger partial charge on any atom is 0.251 e. The monoisotopic (exact) mass is 265 g/mol. The van der Waals surface area contributed by atoms with Crippen molar-refractivity contribution in [2.45, 2.75) is 45.6 Å². The molecule has 0 spiro atoms. The number of carbonyl (C=O) groups is 2. The number of amides is 2. The first-order valence-electron chi connectivity index (χ1n) is 6.52. The fourth-order valence-corrected chi connectivity index (χ4v) is 2.22. The Balaban J connectivity index is 2.03. The predicted octanol–water partition coefficient (Wildman–Crippen LogP) is 1.71. The lowest BCUT2D eigenvalue weighted by Gasteiger charge is -2.49. The highest BCUT2D eigenvalue weighted by atomic mass is 16.5. The van der Waals surface area contributed by atoms with Crippen molar-refractivity contribution in [3.63, 3.8) is 0 Å². The van der Waals surface area contributed by atoms with Crippen LogP contribution < -0.4 is 5.32 Å². The smallest absolute Gasteiger partial charge is 0.251 e. The van der Waals surface area contributed by atoms with Crippen molar-refractivity contribution in [1.82, 2.24) is 10.1 Å². The highest BCUT2D eigenvalue weighted by Crippen LogP contribution is 2.32. The first-order chi connectivity index (χ1) is 8.97. The van der Waals surface area contributed by atoms with Crippen molar-refractivity contribution in [1.29, 1.82) is 0 Å². The predicted molar refractivity (Wildman–Crippen MR) is 69.5 cm³/mol. The highest BCUT2D eigenvalue weighted by Gasteiger charge is 2.49. The number of carbonyl (C=O) groups excluding carboxylic acids is 2. The van der Waals surface area contributed by atoms with Gasteiger partial charge in [-0.3, -0.25) is 9.59 Å². The zero-order valence-corrected chi connectivity index (χ0v) is 11.5. The SMILES string of the molecule is CCCC(=O)N1CCC1(C)C(=O)Nc1cc(C)on1. The third kappa shape index (κ3) is 2.47. The molecule has 1 saturated heterocycles. The molecule has 6 nitrogen and oxygen atoms in total. The first kappa shape index (κ1) is 13.6. The molecule has 1 N–H and O–H groups in total. The summed E-state index contributed by atoms with van der Waals surface area (Å²) < 4.78 is 4.90. The van der Waals surface area contributed by atoms with Crippen molar-refractivity contribution in [2.75, 3.05) is 11.9 Å². The molecule has 19 heavy (non-hydrogen) atoms. The van der Waals surface area contributed by atoms with Gasteiger partial charge in [0, 0.05) is 19.0 Å². The third-order valence-corrected chi connectivity index (χ3v) is 3.54. The summed E-state index contributed by atoms with van der Waals surface area (Å²) in [6, 6.07) is 1.65. The highest BCUT2D eigenvalue weighted by molar-refractivity contribution is 6.00. The fraction of sp³-hybridized carbons (Fsp3) is 0.615. The summed E-state index contributed by atoms with van der Waals surface area (Å²) in [5.74, 6) is 0.839. The summed E-state index contributed by atoms with van der Waals surface area (Å²) in [6.07, 6.45) is 1.94. The van der Waals surface area contributed by atoms with Crippen LogP contribution in [0.3, 0.4) is 0 Å². The Morgan fingerprint density at radius 1 is 1.58 bits per heavy atom. The molecule has 0 bridgehead atoms. The van der Waals surface area contributed by atoms with Gasteiger partial charge in [0.05, 0.1) is 0 Å². The zero-order chi connectivity index (χ0) is 14.0. The van der Waals surface area contributed by atoms with E-state index in [-0.39, 0.29) is 11.8 Å². The van der Waals surface area contributed by atoms with E-state index in [2.05, 4.69) is 10.5 Å². The van der Waals surface area contributed by atoms with Crippen LogP contribution in [0.4, 0.5) is 5.82 Å². The second-order valence-electron chi connectivity index (χ2n) is 5.10. The van der Waals surface area contributed by atoms with Gasteiger partial charge >= 0.3 is 0 Å². The van der Waals surface area contributed by atoms with Gasteiger partial charge in [0.15, 0.2) is 5.82 Å². The van der Waals surface area contributed by atoms with Crippen LogP contribution in [-0.4, -0.2) is 34.0 Å². The van der Waals surface area contributed by atoms with Gasteiger partial charge in [-0.05, 0) is 26.7 Å². The van der Waals surface area contributed by atoms with Gasteiger partial charge in [-0.25, -0.2) is 0 Å². The molecule has 1 aromatic rings. The van der Waals surface area contributed by atoms with Crippen molar-refractivity contribution in [3.05, 3.63) is 11.8 Å². The van der Waals surface area contributed by atoms with Crippen LogP contribution in [-0.2, 0) is 9.59 Å². The second-order valence-corrected chi connectivity index (χ2v) is 5.10. The molecule has 0 aliphatic carbocycles. The summed E-state index contributed by atoms with van der Waals surface area (Å²) in [5.41, 5.74) is -0.765. The average Bonchev–Trinajstić information content (AvgIpc) is 2.72. The minimum absolute atomic E-state index is 0.0303. The Bertz CT molecular complexity index is 497. The minimum atomic E-state index is -0.765. The summed E-state index contributed by atoms with van der Waals surface area (Å²) >= 11 is 0. The molecule has 1 aliphatic heterocycles. The molecular formula is C13H19N3O3. The molecule has 1 unspecified atom stereocenters. The van der Waals surface area contributed by atoms with Gasteiger partial charge in [-0.1, -0.05) is 12.1 Å². The molecule has 1 aliphatic rings. The molecule has 0 saturated carbocycles. The van der Waals surface area contributed by atoms with Gasteiger partial charge in [-0.15, -0.1) is 0 Å². The van der Waals surface area contributed by atoms with E-state index < -0.39 is 5.54 Å². The van der Waals surface area contributed by atoms with Gasteiger partial charge < -0.3 is 14.7 Å². The van der Waals surface area contributed by atoms with Crippen molar-refractivity contribution >= 4 is 17.6 Å². The molecule has 2 amide bonds. The van der Waals surface area contributed by atoms with Crippen LogP contribution in [0.25, 0.3) is 0 Å². The normalized spacial score (nSPS) is 21.9. The lowest BCUT2D eigenvalue weighted by atomic mass is 9.85. The molecule has 2 heterocycles. The number of nitrogens with one attached hydrogen (secondary N) is 1. The number of nitrogens with zero attached hydrogens (tertiary/aromatic N) is 2. The van der Waals surface area contributed by atoms with E-state index in [0.29, 0.717) is 31.0 Å². The van der Waals surface area contributed by atoms with Crippen molar-refractivity contribution < 1.29 is 14.1 Å². The van der Waals surface area contributed by atoms with Crippen LogP contribution in [0.1, 0.15) is 38.9 Å². The van der Waals surface area contributed by atoms with E-state index in [1.807, 2.05) is 6.92 Å². The second kappa shape index (κ2) is 5.03. The topological polar surface area (TPSA) is 75.4 Å². The third-order valence-electron chi connectivity index (χ3n) is 3.54. The minimum Gasteiger partial charge on any atom is -0.360 e. The number of hydrogen-bond acceptors (Lipinski definition) is 4. The van der Waals surface area contributed by atoms with Gasteiger partial charge in [-0.2, -0.15) is 0 Å². The Morgan fingerprint density at radius 2 is 2.32 bits per heavy atom. The first-order valence-corrected chi connectivity index (χ1v) is 6.52. The van der Waals surface area contributed by atoms with Gasteiger partial charge in [0.2, 0.25) is 5.91 Å². The Kier molecular flexibility index (Phi) is 3.59. The van der Waals surface area contributed by atoms with Gasteiger partial charge in [0.1, 0.15) is 11.3 Å². The summed E-state index contributed by atoms with van der Waals surface area (Å²) in [7, 11) is 0. The average molecular weight is 265 g/mol. The van der Waals surface area contributed by atoms with Gasteiger partial charge in [0.25, 0.3) is 5.91 Å². The number of aromatic nitrogens is 1. The fourth-order valence-electron chi connectivity index (χ4n) is 2.22. The molecule has 0 aromatic carbocycles. The van der Waals surface area contributed by atoms with E-state index in [1.165, 1.54) is 0 Å². The Hall–Kier alpha value is -1.85. The number of likely N-dealkylation sites (tertiary alicyclic amines) is 1. The number of hydrogen-bond donors (Lipinski definition) is 1. The number of rotatable bonds is 4. The van der Waals surface area contributed by atoms with Crippen molar-refractivity contribution in [3.8, 4) is 0 Å². The zero-order valence-electron chi connectivity index (χ0n) is 11.5. The maximum absolute atomic E-state index is 12.3. The quantitative estimate of drug-likeness (QED) is 0.899. The van der Waals surface area contributed by atoms with E-state index in [4.69, 9.17) is 4.52 Å². The van der Waals surface area contributed by atoms with E-state index in [0.717, 1.165) is 6.42 Å². The lowest BCUT2D eigenvalue weighted by Crippen LogP contribution is -2.66. The molecule has 0 radical (unpaired) electrons. The van der Waals surface area contributed by atoms with Crippen molar-refractivity contribution in [2.24, 2.45) is 0 Å². The molecule has 1 fully saturated rings. The van der Waals surface area contributed by atoms with Crippen LogP contribution in [0.5, 0.6) is 0 Å². The molecule has 2 rings (SSSR count). The van der Waals surface area contributed by atoms with Crippen LogP contribution in [0.15, 0.2) is 10.6 Å². The van der Waals surface area contributed by atoms with E-state index in [9.17, 15) is 9.59 Å². The summed E-state index contributed by atoms with van der Waals surface area (Å²) in [4.78, 5) is 25.8. The standard InChI is InChI=1S/C13H19N3O3/c1-4-5-11(17)16-7-6-13(16,3)12(18)14-10-8-9(2)19-15-10/h8H,4-7H2,1-3H3,(H,14,15,18). The molecule has 1 aromatic heterocycles. The van der Waals surface area contributed by atoms with E-state index in [1.54, 1.807) is 24.8 Å². The number of aryl methyl sites for hydroxylation is 1. The molecule has 1 atom stereocenters. The largest absolute Gasteiger partial charge is 0.360 e. The summed E-state index contributed by atoms with van der Waals surface area (Å²) in [5, 5.41) is 6.42. The van der Waals surface area contributed by atoms with Crippen LogP contribution in [0, 0.1) is 6.92 Å². The number of anilines is 1. The van der Waals surface area contributed by atoms with Crippen LogP contribution in [0.2, 0.25) is 0 Å². The summed E-state index contributed by atoms with van der Waals surface area (Å²) in [6.45, 7) is 6.13. The molecule has 104 valence electrons. The lowest BCUT2D eigenvalue weighted by molar-refractivity contribution is -0.154. The van der Waals surface area contributed by atoms with Crippen LogP contribution >= 0.6 is 0 Å². The Labute approximate surface area is 112 Å². The molecular weight excluding hydrogens is 246 g/mol. The Morgan fingerprint density at radius 3 is 2.79 bits per heavy atom. The molecule has 6 heteroatoms. The maximum atomic E-state index is 12.3. The van der Waals surface area contributed by atoms with E-state index >= 15 is 0 Å².